The first-order chi connectivity index (χ1) is 30.0. The Hall–Kier alpha value is -1.66. The Morgan fingerprint density at radius 1 is 0.443 bits per heavy atom. The molecule has 2 atom stereocenters. The summed E-state index contributed by atoms with van der Waals surface area (Å²) in [6, 6.07) is -0.628. The van der Waals surface area contributed by atoms with Gasteiger partial charge in [-0.2, -0.15) is 0 Å². The minimum atomic E-state index is -0.845. The molecule has 0 bridgehead atoms. The third kappa shape index (κ3) is 47.7. The van der Waals surface area contributed by atoms with Gasteiger partial charge in [0.2, 0.25) is 5.91 Å². The molecule has 3 N–H and O–H groups in total. The van der Waals surface area contributed by atoms with E-state index in [1.807, 2.05) is 6.08 Å². The van der Waals surface area contributed by atoms with Gasteiger partial charge >= 0.3 is 5.97 Å². The lowest BCUT2D eigenvalue weighted by Gasteiger charge is -2.20. The first kappa shape index (κ1) is 59.3. The van der Waals surface area contributed by atoms with Crippen LogP contribution >= 0.6 is 0 Å². The van der Waals surface area contributed by atoms with E-state index in [-0.39, 0.29) is 18.5 Å². The first-order valence-corrected chi connectivity index (χ1v) is 27.1. The van der Waals surface area contributed by atoms with Gasteiger partial charge in [-0.15, -0.1) is 0 Å². The molecule has 61 heavy (non-hydrogen) atoms. The quantitative estimate of drug-likeness (QED) is 0.0322. The Morgan fingerprint density at radius 3 is 1.18 bits per heavy atom. The van der Waals surface area contributed by atoms with Crippen molar-refractivity contribution in [2.45, 2.75) is 302 Å². The molecule has 0 spiro atoms. The van der Waals surface area contributed by atoms with E-state index in [2.05, 4.69) is 31.3 Å². The lowest BCUT2D eigenvalue weighted by atomic mass is 10.0. The molecule has 0 aromatic rings. The molecule has 0 aromatic heterocycles. The summed E-state index contributed by atoms with van der Waals surface area (Å²) in [6.07, 6.45) is 60.4. The van der Waals surface area contributed by atoms with Crippen LogP contribution in [0.3, 0.4) is 0 Å². The number of aliphatic hydroxyl groups is 2. The highest BCUT2D eigenvalue weighted by Crippen LogP contribution is 2.16. The largest absolute Gasteiger partial charge is 0.466 e. The molecule has 0 saturated heterocycles. The fourth-order valence-electron chi connectivity index (χ4n) is 8.27. The van der Waals surface area contributed by atoms with Crippen LogP contribution in [-0.2, 0) is 14.3 Å². The molecule has 6 nitrogen and oxygen atoms in total. The lowest BCUT2D eigenvalue weighted by Crippen LogP contribution is -2.45. The van der Waals surface area contributed by atoms with Gasteiger partial charge in [0.05, 0.1) is 25.4 Å². The molecule has 0 aliphatic rings. The molecule has 0 aliphatic carbocycles. The van der Waals surface area contributed by atoms with Gasteiger partial charge in [0.25, 0.3) is 0 Å². The molecule has 0 saturated carbocycles. The van der Waals surface area contributed by atoms with Crippen molar-refractivity contribution in [3.8, 4) is 0 Å². The van der Waals surface area contributed by atoms with E-state index in [0.29, 0.717) is 19.4 Å². The molecule has 6 heteroatoms. The van der Waals surface area contributed by atoms with Gasteiger partial charge < -0.3 is 20.3 Å². The molecule has 0 rings (SSSR count). The molecule has 0 heterocycles. The van der Waals surface area contributed by atoms with Crippen LogP contribution in [0.2, 0.25) is 0 Å². The summed E-state index contributed by atoms with van der Waals surface area (Å²) in [5.74, 6) is -0.0728. The summed E-state index contributed by atoms with van der Waals surface area (Å²) in [5, 5.41) is 23.0. The van der Waals surface area contributed by atoms with Crippen LogP contribution in [0.5, 0.6) is 0 Å². The molecular weight excluding hydrogens is 755 g/mol. The van der Waals surface area contributed by atoms with Gasteiger partial charge in [-0.1, -0.05) is 244 Å². The number of hydrogen-bond donors (Lipinski definition) is 3. The van der Waals surface area contributed by atoms with Crippen molar-refractivity contribution in [3.05, 3.63) is 24.3 Å². The number of esters is 1. The summed E-state index contributed by atoms with van der Waals surface area (Å²) in [5.41, 5.74) is 0. The van der Waals surface area contributed by atoms with Crippen molar-refractivity contribution < 1.29 is 24.5 Å². The maximum absolute atomic E-state index is 12.4. The van der Waals surface area contributed by atoms with Crippen LogP contribution in [0, 0.1) is 0 Å². The third-order valence-electron chi connectivity index (χ3n) is 12.5. The van der Waals surface area contributed by atoms with Crippen LogP contribution < -0.4 is 5.32 Å². The minimum Gasteiger partial charge on any atom is -0.466 e. The highest BCUT2D eigenvalue weighted by atomic mass is 16.5. The number of nitrogens with one attached hydrogen (secondary N) is 1. The summed E-state index contributed by atoms with van der Waals surface area (Å²) in [4.78, 5) is 24.4. The van der Waals surface area contributed by atoms with Gasteiger partial charge in [-0.05, 0) is 57.8 Å². The molecule has 2 unspecified atom stereocenters. The van der Waals surface area contributed by atoms with Crippen molar-refractivity contribution in [2.24, 2.45) is 0 Å². The van der Waals surface area contributed by atoms with Crippen molar-refractivity contribution in [1.82, 2.24) is 5.32 Å². The summed E-state index contributed by atoms with van der Waals surface area (Å²) in [6.45, 7) is 4.87. The third-order valence-corrected chi connectivity index (χ3v) is 12.5. The number of aliphatic hydroxyl groups excluding tert-OH is 2. The SMILES string of the molecule is CCCCCC/C=C\CCCCCCCC(=O)OCCCCCCCCCCCCCCCCCCCCCC(=O)NC(CO)C(O)/C=C/CCCCCCCCCCCC. The number of allylic oxidation sites excluding steroid dienone is 3. The Kier molecular flexibility index (Phi) is 49.6. The van der Waals surface area contributed by atoms with Crippen LogP contribution in [0.1, 0.15) is 290 Å². The maximum Gasteiger partial charge on any atom is 0.305 e. The predicted octanol–water partition coefficient (Wildman–Crippen LogP) is 16.3. The van der Waals surface area contributed by atoms with E-state index < -0.39 is 12.1 Å². The Balaban J connectivity index is 3.42. The summed E-state index contributed by atoms with van der Waals surface area (Å²) >= 11 is 0. The van der Waals surface area contributed by atoms with Crippen LogP contribution in [-0.4, -0.2) is 47.4 Å². The zero-order chi connectivity index (χ0) is 44.4. The van der Waals surface area contributed by atoms with E-state index in [9.17, 15) is 19.8 Å². The smallest absolute Gasteiger partial charge is 0.305 e. The first-order valence-electron chi connectivity index (χ1n) is 27.1. The standard InChI is InChI=1S/C55H105NO5/c1-3-5-7-9-11-13-15-24-29-33-37-41-45-49-55(60)61-50-46-42-38-34-30-26-23-21-19-17-18-20-22-25-28-32-36-40-44-48-54(59)56-52(51-57)53(58)47-43-39-35-31-27-16-14-12-10-8-6-4-2/h13,15,43,47,52-53,57-58H,3-12,14,16-42,44-46,48-51H2,1-2H3,(H,56,59)/b15-13-,47-43+. The number of unbranched alkanes of at least 4 members (excludes halogenated alkanes) is 37. The fourth-order valence-corrected chi connectivity index (χ4v) is 8.27. The predicted molar refractivity (Wildman–Crippen MR) is 264 cm³/mol. The molecule has 1 amide bonds. The van der Waals surface area contributed by atoms with Crippen molar-refractivity contribution in [2.75, 3.05) is 13.2 Å². The average Bonchev–Trinajstić information content (AvgIpc) is 3.26. The monoisotopic (exact) mass is 860 g/mol. The van der Waals surface area contributed by atoms with Gasteiger partial charge in [-0.3, -0.25) is 9.59 Å². The molecular formula is C55H105NO5. The Morgan fingerprint density at radius 2 is 0.770 bits per heavy atom. The van der Waals surface area contributed by atoms with Gasteiger partial charge in [0.1, 0.15) is 0 Å². The van der Waals surface area contributed by atoms with Crippen LogP contribution in [0.4, 0.5) is 0 Å². The van der Waals surface area contributed by atoms with Gasteiger partial charge in [0.15, 0.2) is 0 Å². The topological polar surface area (TPSA) is 95.9 Å². The number of rotatable bonds is 50. The number of carbonyl (C=O) groups excluding carboxylic acids is 2. The lowest BCUT2D eigenvalue weighted by molar-refractivity contribution is -0.143. The molecule has 0 aromatic carbocycles. The maximum atomic E-state index is 12.4. The molecule has 0 fully saturated rings. The normalized spacial score (nSPS) is 12.8. The summed E-state index contributed by atoms with van der Waals surface area (Å²) in [7, 11) is 0. The molecule has 0 aliphatic heterocycles. The number of hydrogen-bond acceptors (Lipinski definition) is 5. The number of carbonyl (C=O) groups is 2. The van der Waals surface area contributed by atoms with Gasteiger partial charge in [0, 0.05) is 12.8 Å². The second-order valence-corrected chi connectivity index (χ2v) is 18.6. The van der Waals surface area contributed by atoms with Crippen LogP contribution in [0.25, 0.3) is 0 Å². The van der Waals surface area contributed by atoms with E-state index >= 15 is 0 Å². The van der Waals surface area contributed by atoms with Crippen LogP contribution in [0.15, 0.2) is 24.3 Å². The van der Waals surface area contributed by atoms with Crippen molar-refractivity contribution in [1.29, 1.82) is 0 Å². The zero-order valence-corrected chi connectivity index (χ0v) is 40.9. The highest BCUT2D eigenvalue weighted by molar-refractivity contribution is 5.76. The van der Waals surface area contributed by atoms with Gasteiger partial charge in [-0.25, -0.2) is 0 Å². The fraction of sp³-hybridized carbons (Fsp3) is 0.891. The average molecular weight is 860 g/mol. The second kappa shape index (κ2) is 51.0. The highest BCUT2D eigenvalue weighted by Gasteiger charge is 2.18. The summed E-state index contributed by atoms with van der Waals surface area (Å²) < 4.78 is 5.46. The minimum absolute atomic E-state index is 0.00123. The Labute approximate surface area is 380 Å². The zero-order valence-electron chi connectivity index (χ0n) is 40.9. The van der Waals surface area contributed by atoms with E-state index in [4.69, 9.17) is 4.74 Å². The Bertz CT molecular complexity index is 951. The number of amides is 1. The van der Waals surface area contributed by atoms with Crippen molar-refractivity contribution >= 4 is 11.9 Å². The molecule has 360 valence electrons. The van der Waals surface area contributed by atoms with E-state index in [1.165, 1.54) is 218 Å². The van der Waals surface area contributed by atoms with E-state index in [0.717, 1.165) is 44.9 Å². The van der Waals surface area contributed by atoms with E-state index in [1.54, 1.807) is 6.08 Å². The molecule has 0 radical (unpaired) electrons. The second-order valence-electron chi connectivity index (χ2n) is 18.6. The van der Waals surface area contributed by atoms with Crippen molar-refractivity contribution in [3.63, 3.8) is 0 Å². The number of ether oxygens (including phenoxy) is 1.